The molecule has 1 aromatic heterocycles. The summed E-state index contributed by atoms with van der Waals surface area (Å²) in [6, 6.07) is 11.8. The van der Waals surface area contributed by atoms with Crippen molar-refractivity contribution in [2.24, 2.45) is 0 Å². The number of amides is 1. The first-order chi connectivity index (χ1) is 10.2. The van der Waals surface area contributed by atoms with E-state index >= 15 is 0 Å². The lowest BCUT2D eigenvalue weighted by Crippen LogP contribution is -2.32. The highest BCUT2D eigenvalue weighted by Crippen LogP contribution is 2.24. The minimum Gasteiger partial charge on any atom is -0.372 e. The molecule has 0 saturated carbocycles. The maximum atomic E-state index is 12.3. The molecule has 0 bridgehead atoms. The van der Waals surface area contributed by atoms with Gasteiger partial charge in [0.05, 0.1) is 18.4 Å². The van der Waals surface area contributed by atoms with Crippen LogP contribution in [0.4, 0.5) is 0 Å². The summed E-state index contributed by atoms with van der Waals surface area (Å²) in [5.41, 5.74) is 1.87. The topological polar surface area (TPSA) is 55.6 Å². The summed E-state index contributed by atoms with van der Waals surface area (Å²) >= 11 is 0. The van der Waals surface area contributed by atoms with Gasteiger partial charge in [-0.25, -0.2) is 0 Å². The van der Waals surface area contributed by atoms with Gasteiger partial charge in [0.1, 0.15) is 0 Å². The summed E-state index contributed by atoms with van der Waals surface area (Å²) in [7, 11) is 0. The number of aryl methyl sites for hydroxylation is 1. The molecule has 2 heterocycles. The molecular weight excluding hydrogens is 268 g/mol. The molecule has 110 valence electrons. The van der Waals surface area contributed by atoms with E-state index in [9.17, 15) is 4.79 Å². The number of benzene rings is 1. The molecule has 1 saturated heterocycles. The Kier molecular flexibility index (Phi) is 4.01. The van der Waals surface area contributed by atoms with Gasteiger partial charge in [0.15, 0.2) is 0 Å². The number of ether oxygens (including phenoxy) is 1. The molecule has 21 heavy (non-hydrogen) atoms. The van der Waals surface area contributed by atoms with E-state index in [1.165, 1.54) is 0 Å². The van der Waals surface area contributed by atoms with Crippen molar-refractivity contribution in [2.75, 3.05) is 19.7 Å². The van der Waals surface area contributed by atoms with Crippen LogP contribution in [0.1, 0.15) is 34.3 Å². The van der Waals surface area contributed by atoms with Gasteiger partial charge in [0.2, 0.25) is 5.76 Å². The molecule has 0 N–H and O–H groups in total. The summed E-state index contributed by atoms with van der Waals surface area (Å²) < 4.78 is 10.9. The highest BCUT2D eigenvalue weighted by molar-refractivity contribution is 5.91. The maximum absolute atomic E-state index is 12.3. The number of nitrogens with zero attached hydrogens (tertiary/aromatic N) is 2. The average Bonchev–Trinajstić information content (AvgIpc) is 2.81. The third kappa shape index (κ3) is 3.13. The fourth-order valence-electron chi connectivity index (χ4n) is 2.53. The van der Waals surface area contributed by atoms with Crippen LogP contribution in [-0.4, -0.2) is 35.7 Å². The Morgan fingerprint density at radius 2 is 2.10 bits per heavy atom. The molecule has 1 atom stereocenters. The van der Waals surface area contributed by atoms with Crippen LogP contribution in [-0.2, 0) is 4.74 Å². The van der Waals surface area contributed by atoms with Crippen LogP contribution in [0.5, 0.6) is 0 Å². The zero-order chi connectivity index (χ0) is 14.7. The molecule has 1 amide bonds. The molecular formula is C16H18N2O3. The van der Waals surface area contributed by atoms with Crippen molar-refractivity contribution in [1.82, 2.24) is 10.1 Å². The molecule has 1 unspecified atom stereocenters. The first kappa shape index (κ1) is 13.8. The monoisotopic (exact) mass is 286 g/mol. The van der Waals surface area contributed by atoms with E-state index in [-0.39, 0.29) is 12.0 Å². The minimum absolute atomic E-state index is 0.0421. The van der Waals surface area contributed by atoms with Crippen molar-refractivity contribution in [3.8, 4) is 0 Å². The van der Waals surface area contributed by atoms with E-state index in [1.54, 1.807) is 17.9 Å². The molecule has 0 radical (unpaired) electrons. The third-order valence-electron chi connectivity index (χ3n) is 3.64. The molecule has 1 aliphatic heterocycles. The first-order valence-electron chi connectivity index (χ1n) is 7.13. The number of hydrogen-bond donors (Lipinski definition) is 0. The average molecular weight is 286 g/mol. The van der Waals surface area contributed by atoms with E-state index < -0.39 is 0 Å². The zero-order valence-electron chi connectivity index (χ0n) is 12.0. The van der Waals surface area contributed by atoms with Gasteiger partial charge in [-0.1, -0.05) is 35.5 Å². The molecule has 2 aromatic rings. The van der Waals surface area contributed by atoms with Gasteiger partial charge < -0.3 is 14.2 Å². The molecule has 0 spiro atoms. The standard InChI is InChI=1S/C16H18N2O3/c1-12-11-15(21-17-12)16(19)18-8-7-14(20-10-9-18)13-5-3-2-4-6-13/h2-6,11,14H,7-10H2,1H3. The second-order valence-corrected chi connectivity index (χ2v) is 5.18. The van der Waals surface area contributed by atoms with Crippen LogP contribution in [0, 0.1) is 6.92 Å². The van der Waals surface area contributed by atoms with Crippen molar-refractivity contribution >= 4 is 5.91 Å². The SMILES string of the molecule is Cc1cc(C(=O)N2CCOC(c3ccccc3)CC2)on1. The van der Waals surface area contributed by atoms with Crippen LogP contribution in [0.2, 0.25) is 0 Å². The highest BCUT2D eigenvalue weighted by atomic mass is 16.5. The van der Waals surface area contributed by atoms with Gasteiger partial charge in [-0.05, 0) is 18.9 Å². The van der Waals surface area contributed by atoms with E-state index in [2.05, 4.69) is 17.3 Å². The van der Waals surface area contributed by atoms with Gasteiger partial charge in [-0.15, -0.1) is 0 Å². The van der Waals surface area contributed by atoms with Crippen molar-refractivity contribution in [2.45, 2.75) is 19.4 Å². The van der Waals surface area contributed by atoms with Gasteiger partial charge in [0.25, 0.3) is 5.91 Å². The van der Waals surface area contributed by atoms with Crippen LogP contribution in [0.25, 0.3) is 0 Å². The fraction of sp³-hybridized carbons (Fsp3) is 0.375. The number of carbonyl (C=O) groups is 1. The molecule has 0 aliphatic carbocycles. The second-order valence-electron chi connectivity index (χ2n) is 5.18. The predicted octanol–water partition coefficient (Wildman–Crippen LogP) is 2.59. The quantitative estimate of drug-likeness (QED) is 0.851. The summed E-state index contributed by atoms with van der Waals surface area (Å²) in [5.74, 6) is 0.179. The van der Waals surface area contributed by atoms with Crippen LogP contribution >= 0.6 is 0 Å². The maximum Gasteiger partial charge on any atom is 0.292 e. The zero-order valence-corrected chi connectivity index (χ0v) is 12.0. The van der Waals surface area contributed by atoms with Gasteiger partial charge in [-0.2, -0.15) is 0 Å². The van der Waals surface area contributed by atoms with Gasteiger partial charge in [-0.3, -0.25) is 4.79 Å². The number of carbonyl (C=O) groups excluding carboxylic acids is 1. The normalized spacial score (nSPS) is 19.3. The van der Waals surface area contributed by atoms with E-state index in [0.29, 0.717) is 31.2 Å². The molecule has 5 heteroatoms. The van der Waals surface area contributed by atoms with E-state index in [1.807, 2.05) is 18.2 Å². The molecule has 5 nitrogen and oxygen atoms in total. The smallest absolute Gasteiger partial charge is 0.292 e. The number of hydrogen-bond acceptors (Lipinski definition) is 4. The van der Waals surface area contributed by atoms with Crippen LogP contribution in [0.15, 0.2) is 40.9 Å². The Hall–Kier alpha value is -2.14. The second kappa shape index (κ2) is 6.10. The Balaban J connectivity index is 1.67. The Labute approximate surface area is 123 Å². The number of aromatic nitrogens is 1. The Morgan fingerprint density at radius 3 is 2.81 bits per heavy atom. The molecule has 3 rings (SSSR count). The predicted molar refractivity (Wildman–Crippen MR) is 76.9 cm³/mol. The van der Waals surface area contributed by atoms with Gasteiger partial charge >= 0.3 is 0 Å². The minimum atomic E-state index is -0.118. The summed E-state index contributed by atoms with van der Waals surface area (Å²) in [5, 5.41) is 3.76. The fourth-order valence-corrected chi connectivity index (χ4v) is 2.53. The van der Waals surface area contributed by atoms with Crippen LogP contribution < -0.4 is 0 Å². The Morgan fingerprint density at radius 1 is 1.29 bits per heavy atom. The summed E-state index contributed by atoms with van der Waals surface area (Å²) in [6.45, 7) is 3.55. The summed E-state index contributed by atoms with van der Waals surface area (Å²) in [4.78, 5) is 14.1. The van der Waals surface area contributed by atoms with Crippen LogP contribution in [0.3, 0.4) is 0 Å². The van der Waals surface area contributed by atoms with E-state index in [4.69, 9.17) is 9.26 Å². The lowest BCUT2D eigenvalue weighted by atomic mass is 10.1. The van der Waals surface area contributed by atoms with E-state index in [0.717, 1.165) is 12.0 Å². The van der Waals surface area contributed by atoms with Crippen molar-refractivity contribution in [1.29, 1.82) is 0 Å². The largest absolute Gasteiger partial charge is 0.372 e. The Bertz CT molecular complexity index is 609. The lowest BCUT2D eigenvalue weighted by molar-refractivity contribution is 0.0573. The molecule has 1 aliphatic rings. The molecule has 1 aromatic carbocycles. The highest BCUT2D eigenvalue weighted by Gasteiger charge is 2.24. The first-order valence-corrected chi connectivity index (χ1v) is 7.13. The lowest BCUT2D eigenvalue weighted by Gasteiger charge is -2.18. The third-order valence-corrected chi connectivity index (χ3v) is 3.64. The van der Waals surface area contributed by atoms with Gasteiger partial charge in [0, 0.05) is 19.2 Å². The molecule has 1 fully saturated rings. The van der Waals surface area contributed by atoms with Crippen molar-refractivity contribution < 1.29 is 14.1 Å². The number of rotatable bonds is 2. The summed E-state index contributed by atoms with van der Waals surface area (Å²) in [6.07, 6.45) is 0.823. The van der Waals surface area contributed by atoms with Crippen molar-refractivity contribution in [3.05, 3.63) is 53.4 Å². The van der Waals surface area contributed by atoms with Crippen molar-refractivity contribution in [3.63, 3.8) is 0 Å².